The van der Waals surface area contributed by atoms with Gasteiger partial charge in [-0.25, -0.2) is 9.31 Å². The molecule has 0 atom stereocenters. The van der Waals surface area contributed by atoms with Crippen LogP contribution in [0.4, 0.5) is 0 Å². The molecule has 0 bridgehead atoms. The molecule has 0 saturated heterocycles. The topological polar surface area (TPSA) is 43.6 Å². The van der Waals surface area contributed by atoms with Crippen LogP contribution in [0, 0.1) is 0 Å². The molecule has 0 N–H and O–H groups in total. The van der Waals surface area contributed by atoms with Crippen molar-refractivity contribution < 1.29 is 9.53 Å². The lowest BCUT2D eigenvalue weighted by Gasteiger charge is -2.18. The van der Waals surface area contributed by atoms with Crippen molar-refractivity contribution in [3.05, 3.63) is 34.6 Å². The second-order valence-corrected chi connectivity index (χ2v) is 5.66. The highest BCUT2D eigenvalue weighted by atomic mass is 79.9. The Hall–Kier alpha value is -1.36. The van der Waals surface area contributed by atoms with E-state index in [1.165, 1.54) is 0 Å². The van der Waals surface area contributed by atoms with E-state index in [1.54, 1.807) is 16.8 Å². The van der Waals surface area contributed by atoms with Gasteiger partial charge in [0, 0.05) is 10.7 Å². The van der Waals surface area contributed by atoms with Crippen LogP contribution in [0.1, 0.15) is 31.3 Å². The molecule has 2 aromatic heterocycles. The molecule has 0 aliphatic rings. The number of carbonyl (C=O) groups is 1. The standard InChI is InChI=1S/C12H13BrN2O2/c1-12(2,3)17-11(16)10-7-9-6-8(13)4-5-15(9)14-10/h4-7H,1-3H3. The molecule has 2 rings (SSSR count). The average Bonchev–Trinajstić information content (AvgIpc) is 2.57. The van der Waals surface area contributed by atoms with Crippen LogP contribution in [0.2, 0.25) is 0 Å². The third kappa shape index (κ3) is 2.85. The number of fused-ring (bicyclic) bond motifs is 1. The molecule has 0 aliphatic heterocycles. The number of carbonyl (C=O) groups excluding carboxylic acids is 1. The molecule has 0 radical (unpaired) electrons. The van der Waals surface area contributed by atoms with Crippen molar-refractivity contribution in [3.63, 3.8) is 0 Å². The zero-order chi connectivity index (χ0) is 12.6. The van der Waals surface area contributed by atoms with Gasteiger partial charge in [0.2, 0.25) is 0 Å². The van der Waals surface area contributed by atoms with Crippen molar-refractivity contribution in [3.8, 4) is 0 Å². The van der Waals surface area contributed by atoms with Gasteiger partial charge < -0.3 is 4.74 Å². The molecule has 4 nitrogen and oxygen atoms in total. The van der Waals surface area contributed by atoms with E-state index in [4.69, 9.17) is 4.74 Å². The maximum atomic E-state index is 11.8. The zero-order valence-corrected chi connectivity index (χ0v) is 11.5. The summed E-state index contributed by atoms with van der Waals surface area (Å²) >= 11 is 3.37. The van der Waals surface area contributed by atoms with Crippen LogP contribution in [-0.4, -0.2) is 21.2 Å². The number of aromatic nitrogens is 2. The lowest BCUT2D eigenvalue weighted by Crippen LogP contribution is -2.24. The molecule has 0 saturated carbocycles. The van der Waals surface area contributed by atoms with Crippen molar-refractivity contribution in [2.75, 3.05) is 0 Å². The lowest BCUT2D eigenvalue weighted by atomic mass is 10.2. The number of rotatable bonds is 1. The van der Waals surface area contributed by atoms with E-state index in [-0.39, 0.29) is 0 Å². The number of hydrogen-bond acceptors (Lipinski definition) is 3. The Labute approximate surface area is 108 Å². The predicted octanol–water partition coefficient (Wildman–Crippen LogP) is 3.05. The molecular weight excluding hydrogens is 284 g/mol. The molecule has 17 heavy (non-hydrogen) atoms. The van der Waals surface area contributed by atoms with Gasteiger partial charge in [-0.1, -0.05) is 15.9 Å². The molecule has 0 spiro atoms. The summed E-state index contributed by atoms with van der Waals surface area (Å²) in [6.45, 7) is 5.49. The van der Waals surface area contributed by atoms with E-state index in [0.29, 0.717) is 5.69 Å². The normalized spacial score (nSPS) is 11.8. The highest BCUT2D eigenvalue weighted by Gasteiger charge is 2.20. The first-order valence-electron chi connectivity index (χ1n) is 5.23. The van der Waals surface area contributed by atoms with Gasteiger partial charge in [-0.15, -0.1) is 0 Å². The van der Waals surface area contributed by atoms with Crippen LogP contribution in [0.25, 0.3) is 5.52 Å². The molecule has 0 amide bonds. The summed E-state index contributed by atoms with van der Waals surface area (Å²) in [5.74, 6) is -0.405. The monoisotopic (exact) mass is 296 g/mol. The van der Waals surface area contributed by atoms with E-state index in [0.717, 1.165) is 9.99 Å². The van der Waals surface area contributed by atoms with Gasteiger partial charge in [0.05, 0.1) is 5.52 Å². The molecule has 0 aliphatic carbocycles. The Balaban J connectivity index is 2.33. The van der Waals surface area contributed by atoms with Crippen molar-refractivity contribution in [1.29, 1.82) is 0 Å². The molecule has 2 heterocycles. The first kappa shape index (κ1) is 12.1. The van der Waals surface area contributed by atoms with E-state index in [9.17, 15) is 4.79 Å². The number of ether oxygens (including phenoxy) is 1. The summed E-state index contributed by atoms with van der Waals surface area (Å²) in [6.07, 6.45) is 1.79. The zero-order valence-electron chi connectivity index (χ0n) is 9.90. The van der Waals surface area contributed by atoms with Gasteiger partial charge in [-0.05, 0) is 39.0 Å². The first-order chi connectivity index (χ1) is 7.85. The van der Waals surface area contributed by atoms with Crippen molar-refractivity contribution in [1.82, 2.24) is 9.61 Å². The quantitative estimate of drug-likeness (QED) is 0.760. The summed E-state index contributed by atoms with van der Waals surface area (Å²) in [4.78, 5) is 11.8. The molecule has 5 heteroatoms. The molecule has 2 aromatic rings. The van der Waals surface area contributed by atoms with E-state index >= 15 is 0 Å². The minimum Gasteiger partial charge on any atom is -0.455 e. The minimum atomic E-state index is -0.506. The fraction of sp³-hybridized carbons (Fsp3) is 0.333. The Morgan fingerprint density at radius 3 is 2.76 bits per heavy atom. The molecule has 0 aromatic carbocycles. The fourth-order valence-corrected chi connectivity index (χ4v) is 1.75. The Kier molecular flexibility index (Phi) is 2.95. The summed E-state index contributed by atoms with van der Waals surface area (Å²) in [7, 11) is 0. The minimum absolute atomic E-state index is 0.318. The lowest BCUT2D eigenvalue weighted by molar-refractivity contribution is 0.00625. The second-order valence-electron chi connectivity index (χ2n) is 4.75. The predicted molar refractivity (Wildman–Crippen MR) is 68.1 cm³/mol. The van der Waals surface area contributed by atoms with Gasteiger partial charge in [0.15, 0.2) is 5.69 Å². The van der Waals surface area contributed by atoms with Crippen LogP contribution in [0.15, 0.2) is 28.9 Å². The molecular formula is C12H13BrN2O2. The van der Waals surface area contributed by atoms with Crippen molar-refractivity contribution >= 4 is 27.4 Å². The Bertz CT molecular complexity index is 569. The van der Waals surface area contributed by atoms with Crippen molar-refractivity contribution in [2.24, 2.45) is 0 Å². The van der Waals surface area contributed by atoms with E-state index < -0.39 is 11.6 Å². The van der Waals surface area contributed by atoms with E-state index in [1.807, 2.05) is 32.9 Å². The SMILES string of the molecule is CC(C)(C)OC(=O)c1cc2cc(Br)ccn2n1. The number of halogens is 1. The molecule has 90 valence electrons. The summed E-state index contributed by atoms with van der Waals surface area (Å²) < 4.78 is 7.84. The average molecular weight is 297 g/mol. The largest absolute Gasteiger partial charge is 0.455 e. The van der Waals surface area contributed by atoms with Crippen LogP contribution in [-0.2, 0) is 4.74 Å². The number of nitrogens with zero attached hydrogens (tertiary/aromatic N) is 2. The first-order valence-corrected chi connectivity index (χ1v) is 6.03. The van der Waals surface area contributed by atoms with E-state index in [2.05, 4.69) is 21.0 Å². The second kappa shape index (κ2) is 4.14. The van der Waals surface area contributed by atoms with Gasteiger partial charge >= 0.3 is 5.97 Å². The summed E-state index contributed by atoms with van der Waals surface area (Å²) in [6, 6.07) is 5.46. The van der Waals surface area contributed by atoms with Gasteiger partial charge in [0.25, 0.3) is 0 Å². The highest BCUT2D eigenvalue weighted by molar-refractivity contribution is 9.10. The fourth-order valence-electron chi connectivity index (χ4n) is 1.40. The van der Waals surface area contributed by atoms with Crippen LogP contribution in [0.5, 0.6) is 0 Å². The third-order valence-corrected chi connectivity index (χ3v) is 2.53. The maximum Gasteiger partial charge on any atom is 0.359 e. The number of esters is 1. The maximum absolute atomic E-state index is 11.8. The summed E-state index contributed by atoms with van der Waals surface area (Å²) in [5, 5.41) is 4.16. The van der Waals surface area contributed by atoms with Gasteiger partial charge in [-0.3, -0.25) is 0 Å². The summed E-state index contributed by atoms with van der Waals surface area (Å²) in [5.41, 5.74) is 0.659. The molecule has 0 unspecified atom stereocenters. The van der Waals surface area contributed by atoms with Crippen LogP contribution >= 0.6 is 15.9 Å². The third-order valence-electron chi connectivity index (χ3n) is 2.03. The highest BCUT2D eigenvalue weighted by Crippen LogP contribution is 2.16. The van der Waals surface area contributed by atoms with Crippen LogP contribution in [0.3, 0.4) is 0 Å². The smallest absolute Gasteiger partial charge is 0.359 e. The Morgan fingerprint density at radius 2 is 2.12 bits per heavy atom. The van der Waals surface area contributed by atoms with Gasteiger partial charge in [-0.2, -0.15) is 5.10 Å². The van der Waals surface area contributed by atoms with Gasteiger partial charge in [0.1, 0.15) is 5.60 Å². The molecule has 0 fully saturated rings. The number of hydrogen-bond donors (Lipinski definition) is 0. The van der Waals surface area contributed by atoms with Crippen LogP contribution < -0.4 is 0 Å². The Morgan fingerprint density at radius 1 is 1.41 bits per heavy atom. The number of pyridine rings is 1. The van der Waals surface area contributed by atoms with Crippen molar-refractivity contribution in [2.45, 2.75) is 26.4 Å².